The van der Waals surface area contributed by atoms with Gasteiger partial charge in [0.25, 0.3) is 11.5 Å². The first-order valence-electron chi connectivity index (χ1n) is 6.77. The van der Waals surface area contributed by atoms with E-state index in [1.54, 1.807) is 22.8 Å². The summed E-state index contributed by atoms with van der Waals surface area (Å²) in [7, 11) is 0. The number of carbonyl (C=O) groups excluding carboxylic acids is 1. The minimum atomic E-state index is -0.884. The van der Waals surface area contributed by atoms with E-state index in [0.29, 0.717) is 10.9 Å². The highest BCUT2D eigenvalue weighted by molar-refractivity contribution is 6.01. The van der Waals surface area contributed by atoms with Crippen molar-refractivity contribution < 1.29 is 9.90 Å². The first-order chi connectivity index (χ1) is 9.61. The fourth-order valence-corrected chi connectivity index (χ4v) is 3.10. The number of nitrogens with zero attached hydrogens (tertiary/aromatic N) is 1. The predicted molar refractivity (Wildman–Crippen MR) is 75.9 cm³/mol. The van der Waals surface area contributed by atoms with Gasteiger partial charge in [0, 0.05) is 11.4 Å². The average molecular weight is 272 g/mol. The lowest BCUT2D eigenvalue weighted by Crippen LogP contribution is -2.31. The molecule has 3 rings (SSSR count). The number of primary amides is 1. The van der Waals surface area contributed by atoms with Crippen molar-refractivity contribution in [3.8, 4) is 5.75 Å². The second kappa shape index (κ2) is 4.67. The van der Waals surface area contributed by atoms with Gasteiger partial charge in [-0.25, -0.2) is 0 Å². The molecule has 1 saturated carbocycles. The topological polar surface area (TPSA) is 85.3 Å². The third kappa shape index (κ3) is 1.78. The molecule has 1 aromatic carbocycles. The van der Waals surface area contributed by atoms with E-state index in [2.05, 4.69) is 0 Å². The lowest BCUT2D eigenvalue weighted by Gasteiger charge is -2.19. The van der Waals surface area contributed by atoms with Crippen molar-refractivity contribution in [2.75, 3.05) is 0 Å². The molecule has 0 unspecified atom stereocenters. The van der Waals surface area contributed by atoms with Gasteiger partial charge in [-0.2, -0.15) is 0 Å². The maximum Gasteiger partial charge on any atom is 0.267 e. The van der Waals surface area contributed by atoms with Crippen molar-refractivity contribution in [3.63, 3.8) is 0 Å². The number of carbonyl (C=O) groups is 1. The Balaban J connectivity index is 2.42. The number of fused-ring (bicyclic) bond motifs is 1. The average Bonchev–Trinajstić information content (AvgIpc) is 2.92. The Morgan fingerprint density at radius 2 is 1.90 bits per heavy atom. The van der Waals surface area contributed by atoms with Crippen LogP contribution in [0.25, 0.3) is 10.9 Å². The van der Waals surface area contributed by atoms with Crippen LogP contribution < -0.4 is 11.3 Å². The molecule has 0 aliphatic heterocycles. The summed E-state index contributed by atoms with van der Waals surface area (Å²) in [6.07, 6.45) is 3.95. The summed E-state index contributed by atoms with van der Waals surface area (Å²) >= 11 is 0. The van der Waals surface area contributed by atoms with E-state index < -0.39 is 11.5 Å². The van der Waals surface area contributed by atoms with Gasteiger partial charge in [-0.15, -0.1) is 0 Å². The van der Waals surface area contributed by atoms with E-state index in [1.165, 1.54) is 0 Å². The van der Waals surface area contributed by atoms with Gasteiger partial charge in [0.05, 0.1) is 5.52 Å². The number of amides is 1. The largest absolute Gasteiger partial charge is 0.506 e. The van der Waals surface area contributed by atoms with Crippen LogP contribution >= 0.6 is 0 Å². The summed E-state index contributed by atoms with van der Waals surface area (Å²) in [6.45, 7) is 0. The smallest absolute Gasteiger partial charge is 0.267 e. The molecule has 1 aliphatic carbocycles. The molecule has 0 saturated heterocycles. The molecule has 20 heavy (non-hydrogen) atoms. The molecule has 2 aromatic rings. The Hall–Kier alpha value is -2.30. The van der Waals surface area contributed by atoms with Crippen LogP contribution in [0.5, 0.6) is 5.75 Å². The van der Waals surface area contributed by atoms with E-state index in [0.717, 1.165) is 25.7 Å². The first kappa shape index (κ1) is 12.7. The molecule has 1 aromatic heterocycles. The number of hydrogen-bond acceptors (Lipinski definition) is 3. The standard InChI is InChI=1S/C15H16N2O3/c16-14(19)12-13(18)10-7-3-4-8-11(10)17(15(12)20)9-5-1-2-6-9/h3-4,7-9,18H,1-2,5-6H2,(H2,16,19). The van der Waals surface area contributed by atoms with Crippen molar-refractivity contribution in [2.24, 2.45) is 5.73 Å². The predicted octanol–water partition coefficient (Wildman–Crippen LogP) is 1.92. The molecule has 0 bridgehead atoms. The Kier molecular flexibility index (Phi) is 2.97. The van der Waals surface area contributed by atoms with Gasteiger partial charge >= 0.3 is 0 Å². The summed E-state index contributed by atoms with van der Waals surface area (Å²) in [4.78, 5) is 24.0. The molecule has 3 N–H and O–H groups in total. The second-order valence-corrected chi connectivity index (χ2v) is 5.22. The second-order valence-electron chi connectivity index (χ2n) is 5.22. The van der Waals surface area contributed by atoms with Crippen LogP contribution in [0.15, 0.2) is 29.1 Å². The zero-order valence-corrected chi connectivity index (χ0v) is 11.0. The minimum absolute atomic E-state index is 0.0751. The molecule has 5 heteroatoms. The maximum atomic E-state index is 12.5. The molecule has 1 amide bonds. The molecule has 1 fully saturated rings. The molecule has 104 valence electrons. The van der Waals surface area contributed by atoms with Crippen LogP contribution in [-0.2, 0) is 0 Å². The molecular formula is C15H16N2O3. The summed E-state index contributed by atoms with van der Waals surface area (Å²) in [5, 5.41) is 10.6. The van der Waals surface area contributed by atoms with Gasteiger partial charge in [-0.1, -0.05) is 25.0 Å². The number of benzene rings is 1. The maximum absolute atomic E-state index is 12.5. The monoisotopic (exact) mass is 272 g/mol. The SMILES string of the molecule is NC(=O)c1c(O)c2ccccc2n(C2CCCC2)c1=O. The van der Waals surface area contributed by atoms with Crippen LogP contribution in [0, 0.1) is 0 Å². The van der Waals surface area contributed by atoms with E-state index >= 15 is 0 Å². The number of nitrogens with two attached hydrogens (primary N) is 1. The summed E-state index contributed by atoms with van der Waals surface area (Å²) < 4.78 is 1.63. The number of aromatic nitrogens is 1. The van der Waals surface area contributed by atoms with Crippen LogP contribution in [0.4, 0.5) is 0 Å². The number of rotatable bonds is 2. The third-order valence-corrected chi connectivity index (χ3v) is 4.02. The van der Waals surface area contributed by atoms with Crippen molar-refractivity contribution in [2.45, 2.75) is 31.7 Å². The number of pyridine rings is 1. The van der Waals surface area contributed by atoms with Crippen LogP contribution in [0.1, 0.15) is 42.1 Å². The van der Waals surface area contributed by atoms with Crippen LogP contribution in [0.3, 0.4) is 0 Å². The van der Waals surface area contributed by atoms with Crippen molar-refractivity contribution in [1.82, 2.24) is 4.57 Å². The Morgan fingerprint density at radius 3 is 2.55 bits per heavy atom. The molecule has 1 aliphatic rings. The highest BCUT2D eigenvalue weighted by Gasteiger charge is 2.25. The van der Waals surface area contributed by atoms with Gasteiger partial charge in [0.2, 0.25) is 0 Å². The van der Waals surface area contributed by atoms with E-state index in [9.17, 15) is 14.7 Å². The Bertz CT molecular complexity index is 743. The summed E-state index contributed by atoms with van der Waals surface area (Å²) in [5.41, 5.74) is 5.13. The number of aromatic hydroxyl groups is 1. The quantitative estimate of drug-likeness (QED) is 0.875. The number of hydrogen-bond donors (Lipinski definition) is 2. The normalized spacial score (nSPS) is 15.8. The van der Waals surface area contributed by atoms with Crippen molar-refractivity contribution in [3.05, 3.63) is 40.2 Å². The zero-order valence-electron chi connectivity index (χ0n) is 11.0. The lowest BCUT2D eigenvalue weighted by atomic mass is 10.1. The van der Waals surface area contributed by atoms with Gasteiger partial charge in [0.15, 0.2) is 0 Å². The van der Waals surface area contributed by atoms with Gasteiger partial charge in [-0.05, 0) is 25.0 Å². The molecular weight excluding hydrogens is 256 g/mol. The zero-order chi connectivity index (χ0) is 14.3. The highest BCUT2D eigenvalue weighted by atomic mass is 16.3. The minimum Gasteiger partial charge on any atom is -0.506 e. The van der Waals surface area contributed by atoms with E-state index in [-0.39, 0.29) is 17.4 Å². The van der Waals surface area contributed by atoms with Gasteiger partial charge in [-0.3, -0.25) is 9.59 Å². The molecule has 0 atom stereocenters. The summed E-state index contributed by atoms with van der Waals surface area (Å²) in [5.74, 6) is -1.20. The van der Waals surface area contributed by atoms with E-state index in [1.807, 2.05) is 6.07 Å². The van der Waals surface area contributed by atoms with Gasteiger partial charge in [0.1, 0.15) is 11.3 Å². The Morgan fingerprint density at radius 1 is 1.25 bits per heavy atom. The van der Waals surface area contributed by atoms with Crippen molar-refractivity contribution in [1.29, 1.82) is 0 Å². The fourth-order valence-electron chi connectivity index (χ4n) is 3.10. The fraction of sp³-hybridized carbons (Fsp3) is 0.333. The van der Waals surface area contributed by atoms with Crippen LogP contribution in [-0.4, -0.2) is 15.6 Å². The van der Waals surface area contributed by atoms with Crippen LogP contribution in [0.2, 0.25) is 0 Å². The van der Waals surface area contributed by atoms with Crippen molar-refractivity contribution >= 4 is 16.8 Å². The van der Waals surface area contributed by atoms with E-state index in [4.69, 9.17) is 5.73 Å². The highest BCUT2D eigenvalue weighted by Crippen LogP contribution is 2.33. The Labute approximate surface area is 115 Å². The number of para-hydroxylation sites is 1. The molecule has 0 radical (unpaired) electrons. The lowest BCUT2D eigenvalue weighted by molar-refractivity contribution is 0.0996. The third-order valence-electron chi connectivity index (χ3n) is 4.02. The van der Waals surface area contributed by atoms with Gasteiger partial charge < -0.3 is 15.4 Å². The first-order valence-corrected chi connectivity index (χ1v) is 6.77. The molecule has 0 spiro atoms. The molecule has 5 nitrogen and oxygen atoms in total. The summed E-state index contributed by atoms with van der Waals surface area (Å²) in [6, 6.07) is 7.14. The molecule has 1 heterocycles.